The number of carbonyl (C=O) groups excluding carboxylic acids is 1. The van der Waals surface area contributed by atoms with Crippen LogP contribution in [0, 0.1) is 23.7 Å². The highest BCUT2D eigenvalue weighted by atomic mass is 16.7. The summed E-state index contributed by atoms with van der Waals surface area (Å²) in [6, 6.07) is 16.5. The average Bonchev–Trinajstić information content (AvgIpc) is 3.01. The first-order chi connectivity index (χ1) is 21.9. The minimum absolute atomic E-state index is 0.0214. The average molecular weight is 616 g/mol. The third-order valence-corrected chi connectivity index (χ3v) is 11.6. The Kier molecular flexibility index (Phi) is 9.51. The third-order valence-electron chi connectivity index (χ3n) is 11.6. The van der Waals surface area contributed by atoms with E-state index in [0.29, 0.717) is 6.54 Å². The number of rotatable bonds is 8. The molecule has 2 heterocycles. The Labute approximate surface area is 269 Å². The van der Waals surface area contributed by atoms with Crippen molar-refractivity contribution >= 4 is 6.03 Å². The van der Waals surface area contributed by atoms with Gasteiger partial charge in [0.2, 0.25) is 0 Å². The SMILES string of the molecule is C[C@@H]1[C@H](CN2CCCCCCC2)O[C@H](c2ccc(CNC(=O)NC34CC5CC(CC(C5)C3)C4)cc2)O[C@@H]1c1ccc(CO)cc1. The van der Waals surface area contributed by atoms with Gasteiger partial charge in [0.25, 0.3) is 0 Å². The third kappa shape index (κ3) is 7.27. The molecule has 7 heteroatoms. The Balaban J connectivity index is 1.00. The van der Waals surface area contributed by atoms with Gasteiger partial charge in [-0.3, -0.25) is 0 Å². The predicted molar refractivity (Wildman–Crippen MR) is 175 cm³/mol. The van der Waals surface area contributed by atoms with Crippen LogP contribution in [0.4, 0.5) is 4.79 Å². The van der Waals surface area contributed by atoms with Crippen LogP contribution in [0.1, 0.15) is 112 Å². The molecule has 4 saturated carbocycles. The van der Waals surface area contributed by atoms with Crippen molar-refractivity contribution in [3.63, 3.8) is 0 Å². The molecular weight excluding hydrogens is 562 g/mol. The van der Waals surface area contributed by atoms with E-state index >= 15 is 0 Å². The van der Waals surface area contributed by atoms with E-state index in [1.165, 1.54) is 51.4 Å². The maximum Gasteiger partial charge on any atom is 0.315 e. The van der Waals surface area contributed by atoms with E-state index in [9.17, 15) is 9.90 Å². The van der Waals surface area contributed by atoms with Gasteiger partial charge in [0.15, 0.2) is 6.29 Å². The van der Waals surface area contributed by atoms with Crippen molar-refractivity contribution in [2.24, 2.45) is 23.7 Å². The molecule has 4 aliphatic carbocycles. The van der Waals surface area contributed by atoms with Gasteiger partial charge in [0.05, 0.1) is 18.8 Å². The summed E-state index contributed by atoms with van der Waals surface area (Å²) in [7, 11) is 0. The second-order valence-corrected chi connectivity index (χ2v) is 15.1. The lowest BCUT2D eigenvalue weighted by molar-refractivity contribution is -0.276. The molecule has 3 N–H and O–H groups in total. The first kappa shape index (κ1) is 31.2. The van der Waals surface area contributed by atoms with Crippen molar-refractivity contribution in [1.29, 1.82) is 0 Å². The Hall–Kier alpha value is -2.45. The molecule has 0 unspecified atom stereocenters. The van der Waals surface area contributed by atoms with Gasteiger partial charge in [-0.1, -0.05) is 74.7 Å². The number of ether oxygens (including phenoxy) is 2. The lowest BCUT2D eigenvalue weighted by Crippen LogP contribution is -2.61. The van der Waals surface area contributed by atoms with Crippen molar-refractivity contribution in [2.45, 2.75) is 115 Å². The zero-order valence-corrected chi connectivity index (χ0v) is 27.1. The molecular formula is C38H53N3O4. The van der Waals surface area contributed by atoms with Crippen LogP contribution in [-0.4, -0.2) is 47.3 Å². The zero-order valence-electron chi connectivity index (χ0n) is 27.1. The molecule has 2 aromatic rings. The number of aliphatic hydroxyl groups is 1. The molecule has 0 spiro atoms. The second kappa shape index (κ2) is 13.7. The summed E-state index contributed by atoms with van der Waals surface area (Å²) in [5.74, 6) is 2.61. The van der Waals surface area contributed by atoms with Gasteiger partial charge < -0.3 is 30.1 Å². The van der Waals surface area contributed by atoms with Crippen LogP contribution in [0.15, 0.2) is 48.5 Å². The van der Waals surface area contributed by atoms with Crippen molar-refractivity contribution in [1.82, 2.24) is 15.5 Å². The summed E-state index contributed by atoms with van der Waals surface area (Å²) < 4.78 is 13.4. The van der Waals surface area contributed by atoms with Crippen LogP contribution >= 0.6 is 0 Å². The summed E-state index contributed by atoms with van der Waals surface area (Å²) in [4.78, 5) is 15.6. The van der Waals surface area contributed by atoms with Crippen LogP contribution < -0.4 is 10.6 Å². The van der Waals surface area contributed by atoms with Gasteiger partial charge in [0.1, 0.15) is 0 Å². The molecule has 2 amide bonds. The smallest absolute Gasteiger partial charge is 0.315 e. The molecule has 4 bridgehead atoms. The number of hydrogen-bond donors (Lipinski definition) is 3. The zero-order chi connectivity index (χ0) is 30.8. The number of carbonyl (C=O) groups is 1. The van der Waals surface area contributed by atoms with Gasteiger partial charge in [-0.05, 0) is 98.9 Å². The number of hydrogen-bond acceptors (Lipinski definition) is 5. The lowest BCUT2D eigenvalue weighted by atomic mass is 9.53. The van der Waals surface area contributed by atoms with Crippen molar-refractivity contribution in [3.8, 4) is 0 Å². The van der Waals surface area contributed by atoms with Crippen LogP contribution in [-0.2, 0) is 22.6 Å². The fourth-order valence-electron chi connectivity index (χ4n) is 9.60. The molecule has 7 nitrogen and oxygen atoms in total. The standard InChI is InChI=1S/C38H53N3O4/c1-26-34(24-41-15-5-3-2-4-6-16-41)44-36(45-35(26)32-11-9-28(25-42)10-12-32)33-13-7-27(8-14-33)23-39-37(43)40-38-20-29-17-30(21-38)19-31(18-29)22-38/h7-14,26,29-31,34-36,42H,2-6,15-25H2,1H3,(H2,39,40,43)/t26-,29?,30?,31?,34+,35+,36+,38?/m1/s1. The predicted octanol–water partition coefficient (Wildman–Crippen LogP) is 7.00. The van der Waals surface area contributed by atoms with Gasteiger partial charge in [-0.2, -0.15) is 0 Å². The van der Waals surface area contributed by atoms with Gasteiger partial charge in [-0.25, -0.2) is 4.79 Å². The van der Waals surface area contributed by atoms with Gasteiger partial charge >= 0.3 is 6.03 Å². The van der Waals surface area contributed by atoms with Gasteiger partial charge in [0, 0.05) is 30.1 Å². The molecule has 2 saturated heterocycles. The molecule has 2 aliphatic heterocycles. The van der Waals surface area contributed by atoms with Crippen molar-refractivity contribution < 1.29 is 19.4 Å². The largest absolute Gasteiger partial charge is 0.392 e. The van der Waals surface area contributed by atoms with E-state index < -0.39 is 6.29 Å². The number of aliphatic hydroxyl groups excluding tert-OH is 1. The topological polar surface area (TPSA) is 83.1 Å². The van der Waals surface area contributed by atoms with Crippen LogP contribution in [0.25, 0.3) is 0 Å². The first-order valence-electron chi connectivity index (χ1n) is 17.8. The number of benzene rings is 2. The van der Waals surface area contributed by atoms with E-state index in [0.717, 1.165) is 78.9 Å². The van der Waals surface area contributed by atoms with Crippen molar-refractivity contribution in [2.75, 3.05) is 19.6 Å². The molecule has 2 aromatic carbocycles. The molecule has 4 atom stereocenters. The van der Waals surface area contributed by atoms with Crippen LogP contribution in [0.3, 0.4) is 0 Å². The Morgan fingerprint density at radius 1 is 0.822 bits per heavy atom. The summed E-state index contributed by atoms with van der Waals surface area (Å²) in [5.41, 5.74) is 4.11. The second-order valence-electron chi connectivity index (χ2n) is 15.1. The highest BCUT2D eigenvalue weighted by molar-refractivity contribution is 5.75. The number of likely N-dealkylation sites (tertiary alicyclic amines) is 1. The van der Waals surface area contributed by atoms with E-state index in [2.05, 4.69) is 58.9 Å². The van der Waals surface area contributed by atoms with E-state index in [1.807, 2.05) is 12.1 Å². The number of urea groups is 1. The maximum absolute atomic E-state index is 13.0. The van der Waals surface area contributed by atoms with Crippen LogP contribution in [0.2, 0.25) is 0 Å². The summed E-state index contributed by atoms with van der Waals surface area (Å²) in [6.45, 7) is 5.96. The minimum atomic E-state index is -0.468. The van der Waals surface area contributed by atoms with E-state index in [4.69, 9.17) is 9.47 Å². The lowest BCUT2D eigenvalue weighted by Gasteiger charge is -2.56. The highest BCUT2D eigenvalue weighted by Gasteiger charge is 2.51. The normalized spacial score (nSPS) is 35.0. The molecule has 6 aliphatic rings. The molecule has 45 heavy (non-hydrogen) atoms. The fraction of sp³-hybridized carbons (Fsp3) is 0.658. The number of amides is 2. The van der Waals surface area contributed by atoms with Gasteiger partial charge in [-0.15, -0.1) is 0 Å². The molecule has 0 radical (unpaired) electrons. The maximum atomic E-state index is 13.0. The van der Waals surface area contributed by atoms with E-state index in [1.54, 1.807) is 0 Å². The monoisotopic (exact) mass is 615 g/mol. The molecule has 6 fully saturated rings. The Morgan fingerprint density at radius 3 is 2.02 bits per heavy atom. The quantitative estimate of drug-likeness (QED) is 0.298. The van der Waals surface area contributed by atoms with Crippen molar-refractivity contribution in [3.05, 3.63) is 70.8 Å². The molecule has 8 rings (SSSR count). The minimum Gasteiger partial charge on any atom is -0.392 e. The summed E-state index contributed by atoms with van der Waals surface area (Å²) >= 11 is 0. The fourth-order valence-corrected chi connectivity index (χ4v) is 9.60. The Bertz CT molecular complexity index is 1240. The van der Waals surface area contributed by atoms with Crippen LogP contribution in [0.5, 0.6) is 0 Å². The molecule has 0 aromatic heterocycles. The Morgan fingerprint density at radius 2 is 1.40 bits per heavy atom. The van der Waals surface area contributed by atoms with E-state index in [-0.39, 0.29) is 36.3 Å². The number of nitrogens with zero attached hydrogens (tertiary/aromatic N) is 1. The highest BCUT2D eigenvalue weighted by Crippen LogP contribution is 2.55. The first-order valence-corrected chi connectivity index (χ1v) is 17.8. The summed E-state index contributed by atoms with van der Waals surface area (Å²) in [6.07, 6.45) is 13.6. The summed E-state index contributed by atoms with van der Waals surface area (Å²) in [5, 5.41) is 16.1. The molecule has 244 valence electrons. The number of nitrogens with one attached hydrogen (secondary N) is 2.